The highest BCUT2D eigenvalue weighted by molar-refractivity contribution is 14.1. The van der Waals surface area contributed by atoms with Crippen molar-refractivity contribution in [3.63, 3.8) is 0 Å². The summed E-state index contributed by atoms with van der Waals surface area (Å²) in [5.74, 6) is 0.166. The molecule has 0 atom stereocenters. The van der Waals surface area contributed by atoms with Gasteiger partial charge in [-0.15, -0.1) is 0 Å². The summed E-state index contributed by atoms with van der Waals surface area (Å²) in [5.41, 5.74) is 0. The number of halogens is 3. The van der Waals surface area contributed by atoms with E-state index in [1.54, 1.807) is 6.07 Å². The first-order valence-corrected chi connectivity index (χ1v) is 6.01. The third-order valence-corrected chi connectivity index (χ3v) is 2.94. The molecule has 0 spiro atoms. The number of pyridine rings is 1. The molecule has 1 aromatic heterocycles. The molecule has 1 aromatic rings. The van der Waals surface area contributed by atoms with Crippen molar-refractivity contribution in [2.75, 3.05) is 0 Å². The van der Waals surface area contributed by atoms with Gasteiger partial charge in [-0.25, -0.2) is 4.98 Å². The number of rotatable bonds is 4. The Morgan fingerprint density at radius 1 is 1.38 bits per heavy atom. The quantitative estimate of drug-likeness (QED) is 0.623. The summed E-state index contributed by atoms with van der Waals surface area (Å²) < 4.78 is 34.8. The van der Waals surface area contributed by atoms with Gasteiger partial charge in [-0.05, 0) is 54.0 Å². The van der Waals surface area contributed by atoms with Crippen molar-refractivity contribution in [2.45, 2.75) is 32.0 Å². The number of aromatic nitrogens is 1. The zero-order valence-electron chi connectivity index (χ0n) is 8.33. The highest BCUT2D eigenvalue weighted by Gasteiger charge is 2.22. The van der Waals surface area contributed by atoms with E-state index in [1.807, 2.05) is 22.6 Å². The third-order valence-electron chi connectivity index (χ3n) is 2.34. The van der Waals surface area contributed by atoms with Crippen LogP contribution < -0.4 is 9.47 Å². The SMILES string of the molecule is FC(F)Oc1ccc(I)nc1OC1CCC1. The van der Waals surface area contributed by atoms with E-state index in [4.69, 9.17) is 4.74 Å². The van der Waals surface area contributed by atoms with E-state index < -0.39 is 6.61 Å². The average molecular weight is 341 g/mol. The van der Waals surface area contributed by atoms with Crippen LogP contribution in [0.1, 0.15) is 19.3 Å². The zero-order valence-corrected chi connectivity index (χ0v) is 10.5. The lowest BCUT2D eigenvalue weighted by molar-refractivity contribution is -0.0532. The molecule has 1 aliphatic rings. The van der Waals surface area contributed by atoms with Gasteiger partial charge in [0.05, 0.1) is 0 Å². The summed E-state index contributed by atoms with van der Waals surface area (Å²) in [6.45, 7) is -2.86. The summed E-state index contributed by atoms with van der Waals surface area (Å²) in [6, 6.07) is 3.06. The lowest BCUT2D eigenvalue weighted by atomic mass is 9.96. The fourth-order valence-electron chi connectivity index (χ4n) is 1.32. The van der Waals surface area contributed by atoms with Gasteiger partial charge in [0.2, 0.25) is 0 Å². The molecule has 0 radical (unpaired) electrons. The first kappa shape index (κ1) is 11.8. The Balaban J connectivity index is 2.14. The van der Waals surface area contributed by atoms with Crippen molar-refractivity contribution >= 4 is 22.6 Å². The van der Waals surface area contributed by atoms with Crippen molar-refractivity contribution in [1.29, 1.82) is 0 Å². The summed E-state index contributed by atoms with van der Waals surface area (Å²) in [5, 5.41) is 0. The Morgan fingerprint density at radius 3 is 2.69 bits per heavy atom. The van der Waals surface area contributed by atoms with E-state index in [0.29, 0.717) is 3.70 Å². The minimum Gasteiger partial charge on any atom is -0.472 e. The lowest BCUT2D eigenvalue weighted by Gasteiger charge is -2.26. The molecule has 16 heavy (non-hydrogen) atoms. The van der Waals surface area contributed by atoms with Gasteiger partial charge in [-0.3, -0.25) is 0 Å². The van der Waals surface area contributed by atoms with Crippen LogP contribution in [0.15, 0.2) is 12.1 Å². The Bertz CT molecular complexity index is 372. The fourth-order valence-corrected chi connectivity index (χ4v) is 1.72. The van der Waals surface area contributed by atoms with Crippen LogP contribution in [0.2, 0.25) is 0 Å². The van der Waals surface area contributed by atoms with Crippen molar-refractivity contribution in [3.8, 4) is 11.6 Å². The van der Waals surface area contributed by atoms with E-state index in [9.17, 15) is 8.78 Å². The largest absolute Gasteiger partial charge is 0.472 e. The van der Waals surface area contributed by atoms with Gasteiger partial charge in [-0.2, -0.15) is 8.78 Å². The minimum absolute atomic E-state index is 0.00214. The van der Waals surface area contributed by atoms with Crippen LogP contribution in [0.4, 0.5) is 8.78 Å². The van der Waals surface area contributed by atoms with Crippen LogP contribution in [-0.2, 0) is 0 Å². The van der Waals surface area contributed by atoms with E-state index in [2.05, 4.69) is 9.72 Å². The predicted octanol–water partition coefficient (Wildman–Crippen LogP) is 3.22. The number of hydrogen-bond donors (Lipinski definition) is 0. The Morgan fingerprint density at radius 2 is 2.12 bits per heavy atom. The monoisotopic (exact) mass is 341 g/mol. The number of hydrogen-bond acceptors (Lipinski definition) is 3. The molecule has 0 amide bonds. The zero-order chi connectivity index (χ0) is 11.5. The maximum absolute atomic E-state index is 12.1. The van der Waals surface area contributed by atoms with Crippen LogP contribution in [0.5, 0.6) is 11.6 Å². The highest BCUT2D eigenvalue weighted by atomic mass is 127. The molecule has 0 unspecified atom stereocenters. The van der Waals surface area contributed by atoms with Gasteiger partial charge >= 0.3 is 6.61 Å². The van der Waals surface area contributed by atoms with Gasteiger partial charge in [0, 0.05) is 0 Å². The molecular weight excluding hydrogens is 331 g/mol. The third kappa shape index (κ3) is 2.93. The van der Waals surface area contributed by atoms with Crippen LogP contribution in [-0.4, -0.2) is 17.7 Å². The topological polar surface area (TPSA) is 31.4 Å². The molecule has 88 valence electrons. The summed E-state index contributed by atoms with van der Waals surface area (Å²) >= 11 is 2.00. The van der Waals surface area contributed by atoms with Crippen LogP contribution >= 0.6 is 22.6 Å². The van der Waals surface area contributed by atoms with Crippen molar-refractivity contribution in [3.05, 3.63) is 15.8 Å². The molecule has 0 aromatic carbocycles. The summed E-state index contributed by atoms with van der Waals surface area (Å²) in [7, 11) is 0. The molecule has 0 aliphatic heterocycles. The van der Waals surface area contributed by atoms with Crippen molar-refractivity contribution in [1.82, 2.24) is 4.98 Å². The molecule has 1 aliphatic carbocycles. The van der Waals surface area contributed by atoms with Gasteiger partial charge in [-0.1, -0.05) is 0 Å². The number of alkyl halides is 2. The van der Waals surface area contributed by atoms with Gasteiger partial charge < -0.3 is 9.47 Å². The normalized spacial score (nSPS) is 16.0. The Hall–Kier alpha value is -0.660. The molecular formula is C10H10F2INO2. The number of nitrogens with zero attached hydrogens (tertiary/aromatic N) is 1. The first-order chi connectivity index (χ1) is 7.65. The fraction of sp³-hybridized carbons (Fsp3) is 0.500. The highest BCUT2D eigenvalue weighted by Crippen LogP contribution is 2.31. The van der Waals surface area contributed by atoms with Crippen LogP contribution in [0.3, 0.4) is 0 Å². The minimum atomic E-state index is -2.86. The van der Waals surface area contributed by atoms with E-state index in [0.717, 1.165) is 19.3 Å². The van der Waals surface area contributed by atoms with Crippen molar-refractivity contribution in [2.24, 2.45) is 0 Å². The smallest absolute Gasteiger partial charge is 0.387 e. The molecule has 3 nitrogen and oxygen atoms in total. The first-order valence-electron chi connectivity index (χ1n) is 4.93. The molecule has 1 saturated carbocycles. The molecule has 0 N–H and O–H groups in total. The van der Waals surface area contributed by atoms with Gasteiger partial charge in [0.25, 0.3) is 5.88 Å². The second-order valence-electron chi connectivity index (χ2n) is 3.49. The summed E-state index contributed by atoms with van der Waals surface area (Å²) in [4.78, 5) is 4.05. The standard InChI is InChI=1S/C10H10F2INO2/c11-10(12)16-7-4-5-8(13)14-9(7)15-6-2-1-3-6/h4-6,10H,1-3H2. The molecule has 1 fully saturated rings. The second-order valence-corrected chi connectivity index (χ2v) is 4.59. The van der Waals surface area contributed by atoms with Gasteiger partial charge in [0.1, 0.15) is 9.80 Å². The van der Waals surface area contributed by atoms with Crippen molar-refractivity contribution < 1.29 is 18.3 Å². The molecule has 6 heteroatoms. The molecule has 2 rings (SSSR count). The maximum Gasteiger partial charge on any atom is 0.387 e. The van der Waals surface area contributed by atoms with Gasteiger partial charge in [0.15, 0.2) is 5.75 Å². The maximum atomic E-state index is 12.1. The van der Waals surface area contributed by atoms with Crippen LogP contribution in [0.25, 0.3) is 0 Å². The van der Waals surface area contributed by atoms with E-state index in [-0.39, 0.29) is 17.7 Å². The number of ether oxygens (including phenoxy) is 2. The summed E-state index contributed by atoms with van der Waals surface area (Å²) in [6.07, 6.45) is 3.09. The second kappa shape index (κ2) is 5.11. The van der Waals surface area contributed by atoms with Crippen LogP contribution in [0, 0.1) is 3.70 Å². The Labute approximate surface area is 105 Å². The van der Waals surface area contributed by atoms with E-state index in [1.165, 1.54) is 6.07 Å². The predicted molar refractivity (Wildman–Crippen MR) is 61.9 cm³/mol. The lowest BCUT2D eigenvalue weighted by Crippen LogP contribution is -2.25. The Kier molecular flexibility index (Phi) is 3.78. The molecule has 0 saturated heterocycles. The molecule has 0 bridgehead atoms. The average Bonchev–Trinajstić information content (AvgIpc) is 2.15. The molecule has 1 heterocycles. The van der Waals surface area contributed by atoms with E-state index >= 15 is 0 Å².